The average Bonchev–Trinajstić information content (AvgIpc) is 2.20. The molecule has 0 aliphatic heterocycles. The highest BCUT2D eigenvalue weighted by Gasteiger charge is 2.08. The zero-order valence-corrected chi connectivity index (χ0v) is 9.54. The summed E-state index contributed by atoms with van der Waals surface area (Å²) in [5, 5.41) is 9.69. The van der Waals surface area contributed by atoms with Crippen molar-refractivity contribution in [2.45, 2.75) is 6.42 Å². The van der Waals surface area contributed by atoms with E-state index >= 15 is 0 Å². The Morgan fingerprint density at radius 3 is 2.87 bits per heavy atom. The van der Waals surface area contributed by atoms with E-state index in [0.717, 1.165) is 5.33 Å². The van der Waals surface area contributed by atoms with Gasteiger partial charge in [-0.1, -0.05) is 27.8 Å². The molecule has 0 unspecified atom stereocenters. The number of hydrogen-bond donors (Lipinski definition) is 2. The van der Waals surface area contributed by atoms with E-state index in [-0.39, 0.29) is 5.56 Å². The maximum absolute atomic E-state index is 10.9. The first kappa shape index (κ1) is 11.6. The standard InChI is InChI=1S/C11H10BrNO2/c12-6-2-1-3-8-4-5-9(13)7-10(8)11(14)15/h4-5,7H,2,6,13H2,(H,14,15). The predicted molar refractivity (Wildman–Crippen MR) is 63.1 cm³/mol. The molecule has 0 atom stereocenters. The molecule has 0 radical (unpaired) electrons. The van der Waals surface area contributed by atoms with Gasteiger partial charge in [-0.15, -0.1) is 0 Å². The Bertz CT molecular complexity index is 432. The first-order valence-corrected chi connectivity index (χ1v) is 5.45. The second-order valence-corrected chi connectivity index (χ2v) is 3.64. The number of benzene rings is 1. The topological polar surface area (TPSA) is 63.3 Å². The number of carbonyl (C=O) groups is 1. The van der Waals surface area contributed by atoms with E-state index in [1.807, 2.05) is 0 Å². The summed E-state index contributed by atoms with van der Waals surface area (Å²) in [6.45, 7) is 0. The van der Waals surface area contributed by atoms with Crippen LogP contribution in [0.1, 0.15) is 22.3 Å². The van der Waals surface area contributed by atoms with Gasteiger partial charge in [0.2, 0.25) is 0 Å². The first-order valence-electron chi connectivity index (χ1n) is 4.33. The van der Waals surface area contributed by atoms with Crippen molar-refractivity contribution in [2.24, 2.45) is 0 Å². The van der Waals surface area contributed by atoms with Crippen molar-refractivity contribution < 1.29 is 9.90 Å². The van der Waals surface area contributed by atoms with Crippen LogP contribution in [0.3, 0.4) is 0 Å². The zero-order valence-electron chi connectivity index (χ0n) is 7.96. The third kappa shape index (κ3) is 3.30. The van der Waals surface area contributed by atoms with Crippen LogP contribution in [0.25, 0.3) is 0 Å². The van der Waals surface area contributed by atoms with Crippen molar-refractivity contribution in [3.63, 3.8) is 0 Å². The summed E-state index contributed by atoms with van der Waals surface area (Å²) in [6.07, 6.45) is 0.684. The van der Waals surface area contributed by atoms with Gasteiger partial charge in [-0.3, -0.25) is 0 Å². The SMILES string of the molecule is Nc1ccc(C#CCCBr)c(C(=O)O)c1. The van der Waals surface area contributed by atoms with Crippen LogP contribution >= 0.6 is 15.9 Å². The maximum atomic E-state index is 10.9. The van der Waals surface area contributed by atoms with E-state index in [9.17, 15) is 4.79 Å². The van der Waals surface area contributed by atoms with Crippen molar-refractivity contribution >= 4 is 27.6 Å². The van der Waals surface area contributed by atoms with Crippen molar-refractivity contribution in [1.29, 1.82) is 0 Å². The smallest absolute Gasteiger partial charge is 0.337 e. The van der Waals surface area contributed by atoms with Gasteiger partial charge in [-0.05, 0) is 18.2 Å². The Kier molecular flexibility index (Phi) is 4.19. The minimum atomic E-state index is -1.01. The van der Waals surface area contributed by atoms with Gasteiger partial charge < -0.3 is 10.8 Å². The molecule has 0 saturated heterocycles. The van der Waals surface area contributed by atoms with Crippen LogP contribution < -0.4 is 5.73 Å². The molecule has 0 aliphatic rings. The summed E-state index contributed by atoms with van der Waals surface area (Å²) < 4.78 is 0. The molecule has 4 heteroatoms. The first-order chi connectivity index (χ1) is 7.15. The van der Waals surface area contributed by atoms with Crippen LogP contribution in [0.4, 0.5) is 5.69 Å². The van der Waals surface area contributed by atoms with Gasteiger partial charge in [0, 0.05) is 23.0 Å². The summed E-state index contributed by atoms with van der Waals surface area (Å²) in [5.41, 5.74) is 6.58. The molecule has 78 valence electrons. The fourth-order valence-corrected chi connectivity index (χ4v) is 1.25. The lowest BCUT2D eigenvalue weighted by atomic mass is 10.1. The molecule has 0 spiro atoms. The van der Waals surface area contributed by atoms with E-state index in [1.165, 1.54) is 6.07 Å². The quantitative estimate of drug-likeness (QED) is 0.490. The Morgan fingerprint density at radius 2 is 2.27 bits per heavy atom. The fourth-order valence-electron chi connectivity index (χ4n) is 1.05. The number of carboxylic acid groups (broad SMARTS) is 1. The molecule has 0 fully saturated rings. The number of alkyl halides is 1. The van der Waals surface area contributed by atoms with E-state index in [2.05, 4.69) is 27.8 Å². The monoisotopic (exact) mass is 267 g/mol. The largest absolute Gasteiger partial charge is 0.478 e. The Labute approximate surface area is 96.4 Å². The lowest BCUT2D eigenvalue weighted by molar-refractivity contribution is 0.0696. The Morgan fingerprint density at radius 1 is 1.53 bits per heavy atom. The summed E-state index contributed by atoms with van der Waals surface area (Å²) in [5.74, 6) is 4.66. The molecule has 0 saturated carbocycles. The van der Waals surface area contributed by atoms with Gasteiger partial charge in [-0.25, -0.2) is 4.79 Å². The van der Waals surface area contributed by atoms with E-state index < -0.39 is 5.97 Å². The molecule has 15 heavy (non-hydrogen) atoms. The van der Waals surface area contributed by atoms with Crippen LogP contribution in [0, 0.1) is 11.8 Å². The second kappa shape index (κ2) is 5.42. The van der Waals surface area contributed by atoms with Crippen LogP contribution in [-0.2, 0) is 0 Å². The van der Waals surface area contributed by atoms with Crippen molar-refractivity contribution in [1.82, 2.24) is 0 Å². The molecule has 0 aromatic heterocycles. The van der Waals surface area contributed by atoms with Gasteiger partial charge in [0.25, 0.3) is 0 Å². The van der Waals surface area contributed by atoms with Crippen molar-refractivity contribution in [3.05, 3.63) is 29.3 Å². The van der Waals surface area contributed by atoms with Crippen LogP contribution in [0.15, 0.2) is 18.2 Å². The van der Waals surface area contributed by atoms with Crippen LogP contribution in [0.2, 0.25) is 0 Å². The normalized spacial score (nSPS) is 9.13. The molecule has 1 rings (SSSR count). The lowest BCUT2D eigenvalue weighted by Gasteiger charge is -2.00. The highest BCUT2D eigenvalue weighted by Crippen LogP contribution is 2.12. The minimum absolute atomic E-state index is 0.150. The molecule has 3 N–H and O–H groups in total. The average molecular weight is 268 g/mol. The van der Waals surface area contributed by atoms with E-state index in [1.54, 1.807) is 12.1 Å². The molecule has 1 aromatic carbocycles. The molecular weight excluding hydrogens is 258 g/mol. The summed E-state index contributed by atoms with van der Waals surface area (Å²) in [7, 11) is 0. The number of nitrogen functional groups attached to an aromatic ring is 1. The number of rotatable bonds is 2. The highest BCUT2D eigenvalue weighted by atomic mass is 79.9. The summed E-state index contributed by atoms with van der Waals surface area (Å²) in [4.78, 5) is 10.9. The van der Waals surface area contributed by atoms with Crippen molar-refractivity contribution in [3.8, 4) is 11.8 Å². The lowest BCUT2D eigenvalue weighted by Crippen LogP contribution is -2.01. The number of aromatic carboxylic acids is 1. The number of nitrogens with two attached hydrogens (primary N) is 1. The molecule has 3 nitrogen and oxygen atoms in total. The van der Waals surface area contributed by atoms with Gasteiger partial charge in [0.15, 0.2) is 0 Å². The van der Waals surface area contributed by atoms with E-state index in [4.69, 9.17) is 10.8 Å². The van der Waals surface area contributed by atoms with Gasteiger partial charge in [-0.2, -0.15) is 0 Å². The second-order valence-electron chi connectivity index (χ2n) is 2.85. The molecule has 0 heterocycles. The summed E-state index contributed by atoms with van der Waals surface area (Å²) in [6, 6.07) is 4.69. The minimum Gasteiger partial charge on any atom is -0.478 e. The van der Waals surface area contributed by atoms with Gasteiger partial charge in [0.1, 0.15) is 0 Å². The number of carboxylic acids is 1. The molecular formula is C11H10BrNO2. The van der Waals surface area contributed by atoms with E-state index in [0.29, 0.717) is 17.7 Å². The Balaban J connectivity index is 3.08. The third-order valence-electron chi connectivity index (χ3n) is 1.72. The predicted octanol–water partition coefficient (Wildman–Crippen LogP) is 2.10. The fraction of sp³-hybridized carbons (Fsp3) is 0.182. The number of anilines is 1. The van der Waals surface area contributed by atoms with Gasteiger partial charge in [0.05, 0.1) is 5.56 Å². The summed E-state index contributed by atoms with van der Waals surface area (Å²) >= 11 is 3.24. The number of halogens is 1. The van der Waals surface area contributed by atoms with Crippen molar-refractivity contribution in [2.75, 3.05) is 11.1 Å². The number of hydrogen-bond acceptors (Lipinski definition) is 2. The molecule has 1 aromatic rings. The van der Waals surface area contributed by atoms with Crippen LogP contribution in [0.5, 0.6) is 0 Å². The zero-order chi connectivity index (χ0) is 11.3. The van der Waals surface area contributed by atoms with Gasteiger partial charge >= 0.3 is 5.97 Å². The molecule has 0 aliphatic carbocycles. The molecule has 0 amide bonds. The third-order valence-corrected chi connectivity index (χ3v) is 2.11. The maximum Gasteiger partial charge on any atom is 0.337 e. The Hall–Kier alpha value is -1.47. The molecule has 0 bridgehead atoms. The van der Waals surface area contributed by atoms with Crippen LogP contribution in [-0.4, -0.2) is 16.4 Å². The highest BCUT2D eigenvalue weighted by molar-refractivity contribution is 9.09.